The second-order valence-electron chi connectivity index (χ2n) is 3.76. The minimum absolute atomic E-state index is 0.0618. The van der Waals surface area contributed by atoms with Gasteiger partial charge in [-0.2, -0.15) is 0 Å². The van der Waals surface area contributed by atoms with Gasteiger partial charge in [-0.15, -0.1) is 0 Å². The number of imidazole rings is 1. The van der Waals surface area contributed by atoms with E-state index in [1.54, 1.807) is 6.20 Å². The Balaban J connectivity index is 2.22. The zero-order valence-electron chi connectivity index (χ0n) is 9.45. The van der Waals surface area contributed by atoms with Crippen LogP contribution >= 0.6 is 0 Å². The number of carbonyl (C=O) groups is 1. The van der Waals surface area contributed by atoms with Crippen LogP contribution in [-0.4, -0.2) is 28.0 Å². The van der Waals surface area contributed by atoms with Crippen molar-refractivity contribution >= 4 is 11.9 Å². The summed E-state index contributed by atoms with van der Waals surface area (Å²) in [4.78, 5) is 15.4. The lowest BCUT2D eigenvalue weighted by molar-refractivity contribution is -0.121. The molecule has 0 aliphatic carbocycles. The molecule has 1 aromatic heterocycles. The smallest absolute Gasteiger partial charge is 0.221 e. The summed E-state index contributed by atoms with van der Waals surface area (Å²) in [7, 11) is 1.91. The topological polar surface area (TPSA) is 59.0 Å². The van der Waals surface area contributed by atoms with Gasteiger partial charge in [-0.3, -0.25) is 4.79 Å². The van der Waals surface area contributed by atoms with Gasteiger partial charge in [0.1, 0.15) is 0 Å². The number of aromatic nitrogens is 2. The van der Waals surface area contributed by atoms with Gasteiger partial charge in [0.05, 0.1) is 0 Å². The maximum Gasteiger partial charge on any atom is 0.221 e. The number of rotatable bonds is 5. The number of hydrogen-bond acceptors (Lipinski definition) is 3. The van der Waals surface area contributed by atoms with Gasteiger partial charge < -0.3 is 15.2 Å². The first-order chi connectivity index (χ1) is 7.09. The Hall–Kier alpha value is -1.52. The van der Waals surface area contributed by atoms with Crippen LogP contribution in [0, 0.1) is 0 Å². The summed E-state index contributed by atoms with van der Waals surface area (Å²) in [5, 5.41) is 5.92. The Morgan fingerprint density at radius 3 is 2.87 bits per heavy atom. The Morgan fingerprint density at radius 2 is 2.33 bits per heavy atom. The number of nitrogens with one attached hydrogen (secondary N) is 2. The summed E-state index contributed by atoms with van der Waals surface area (Å²) < 4.78 is 1.88. The van der Waals surface area contributed by atoms with Gasteiger partial charge in [0.2, 0.25) is 11.9 Å². The zero-order valence-corrected chi connectivity index (χ0v) is 9.45. The molecule has 5 nitrogen and oxygen atoms in total. The standard InChI is InChI=1S/C10H18N4O/c1-8(2)13-9(15)4-5-11-10-12-6-7-14(10)3/h6-8H,4-5H2,1-3H3,(H,11,12)(H,13,15). The van der Waals surface area contributed by atoms with Crippen molar-refractivity contribution in [3.8, 4) is 0 Å². The molecule has 0 saturated heterocycles. The van der Waals surface area contributed by atoms with Gasteiger partial charge in [-0.05, 0) is 13.8 Å². The lowest BCUT2D eigenvalue weighted by Gasteiger charge is -2.09. The molecule has 0 fully saturated rings. The fraction of sp³-hybridized carbons (Fsp3) is 0.600. The van der Waals surface area contributed by atoms with Crippen LogP contribution in [0.5, 0.6) is 0 Å². The molecule has 0 aromatic carbocycles. The zero-order chi connectivity index (χ0) is 11.3. The van der Waals surface area contributed by atoms with E-state index < -0.39 is 0 Å². The van der Waals surface area contributed by atoms with Crippen LogP contribution in [0.15, 0.2) is 12.4 Å². The summed E-state index contributed by atoms with van der Waals surface area (Å²) in [6, 6.07) is 0.200. The van der Waals surface area contributed by atoms with Gasteiger partial charge in [-0.1, -0.05) is 0 Å². The Bertz CT molecular complexity index is 319. The molecule has 0 spiro atoms. The molecule has 0 aliphatic heterocycles. The van der Waals surface area contributed by atoms with E-state index in [0.717, 1.165) is 5.95 Å². The van der Waals surface area contributed by atoms with Crippen molar-refractivity contribution in [3.63, 3.8) is 0 Å². The van der Waals surface area contributed by atoms with Crippen molar-refractivity contribution in [3.05, 3.63) is 12.4 Å². The minimum atomic E-state index is 0.0618. The molecule has 1 heterocycles. The third-order valence-electron chi connectivity index (χ3n) is 1.91. The van der Waals surface area contributed by atoms with Crippen molar-refractivity contribution in [2.24, 2.45) is 7.05 Å². The van der Waals surface area contributed by atoms with Crippen LogP contribution in [-0.2, 0) is 11.8 Å². The average Bonchev–Trinajstić information content (AvgIpc) is 2.50. The summed E-state index contributed by atoms with van der Waals surface area (Å²) >= 11 is 0. The highest BCUT2D eigenvalue weighted by Gasteiger charge is 2.03. The van der Waals surface area contributed by atoms with Gasteiger partial charge in [0.25, 0.3) is 0 Å². The molecular weight excluding hydrogens is 192 g/mol. The molecule has 0 aliphatic rings. The van der Waals surface area contributed by atoms with Crippen LogP contribution in [0.4, 0.5) is 5.95 Å². The van der Waals surface area contributed by atoms with E-state index in [0.29, 0.717) is 13.0 Å². The second kappa shape index (κ2) is 5.38. The normalized spacial score (nSPS) is 10.4. The van der Waals surface area contributed by atoms with E-state index in [4.69, 9.17) is 0 Å². The van der Waals surface area contributed by atoms with E-state index in [9.17, 15) is 4.79 Å². The third-order valence-corrected chi connectivity index (χ3v) is 1.91. The predicted octanol–water partition coefficient (Wildman–Crippen LogP) is 0.747. The van der Waals surface area contributed by atoms with Gasteiger partial charge in [0, 0.05) is 38.4 Å². The Labute approximate surface area is 89.9 Å². The van der Waals surface area contributed by atoms with E-state index in [2.05, 4.69) is 15.6 Å². The largest absolute Gasteiger partial charge is 0.355 e. The molecule has 0 atom stereocenters. The number of nitrogens with zero attached hydrogens (tertiary/aromatic N) is 2. The predicted molar refractivity (Wildman–Crippen MR) is 59.6 cm³/mol. The molecule has 0 unspecified atom stereocenters. The molecule has 5 heteroatoms. The van der Waals surface area contributed by atoms with Gasteiger partial charge >= 0.3 is 0 Å². The third kappa shape index (κ3) is 4.01. The quantitative estimate of drug-likeness (QED) is 0.754. The second-order valence-corrected chi connectivity index (χ2v) is 3.76. The molecule has 1 amide bonds. The maximum atomic E-state index is 11.3. The van der Waals surface area contributed by atoms with Crippen molar-refractivity contribution in [2.75, 3.05) is 11.9 Å². The van der Waals surface area contributed by atoms with E-state index in [-0.39, 0.29) is 11.9 Å². The average molecular weight is 210 g/mol. The molecule has 1 rings (SSSR count). The van der Waals surface area contributed by atoms with E-state index in [1.165, 1.54) is 0 Å². The first kappa shape index (κ1) is 11.6. The summed E-state index contributed by atoms with van der Waals surface area (Å²) in [6.07, 6.45) is 4.04. The molecule has 84 valence electrons. The molecule has 15 heavy (non-hydrogen) atoms. The number of anilines is 1. The number of amides is 1. The monoisotopic (exact) mass is 210 g/mol. The highest BCUT2D eigenvalue weighted by molar-refractivity contribution is 5.76. The summed E-state index contributed by atoms with van der Waals surface area (Å²) in [5.74, 6) is 0.846. The SMILES string of the molecule is CC(C)NC(=O)CCNc1nccn1C. The minimum Gasteiger partial charge on any atom is -0.355 e. The first-order valence-electron chi connectivity index (χ1n) is 5.10. The van der Waals surface area contributed by atoms with Crippen molar-refractivity contribution < 1.29 is 4.79 Å². The van der Waals surface area contributed by atoms with Crippen LogP contribution in [0.1, 0.15) is 20.3 Å². The number of aryl methyl sites for hydroxylation is 1. The first-order valence-corrected chi connectivity index (χ1v) is 5.10. The fourth-order valence-corrected chi connectivity index (χ4v) is 1.22. The van der Waals surface area contributed by atoms with E-state index in [1.807, 2.05) is 31.7 Å². The van der Waals surface area contributed by atoms with Crippen molar-refractivity contribution in [2.45, 2.75) is 26.3 Å². The molecule has 0 radical (unpaired) electrons. The van der Waals surface area contributed by atoms with Gasteiger partial charge in [0.15, 0.2) is 0 Å². The highest BCUT2D eigenvalue weighted by atomic mass is 16.1. The van der Waals surface area contributed by atoms with Crippen LogP contribution < -0.4 is 10.6 Å². The molecule has 0 bridgehead atoms. The number of hydrogen-bond donors (Lipinski definition) is 2. The van der Waals surface area contributed by atoms with E-state index >= 15 is 0 Å². The summed E-state index contributed by atoms with van der Waals surface area (Å²) in [5.41, 5.74) is 0. The Kier molecular flexibility index (Phi) is 4.15. The van der Waals surface area contributed by atoms with Crippen LogP contribution in [0.25, 0.3) is 0 Å². The maximum absolute atomic E-state index is 11.3. The summed E-state index contributed by atoms with van der Waals surface area (Å²) in [6.45, 7) is 4.50. The van der Waals surface area contributed by atoms with Crippen molar-refractivity contribution in [1.82, 2.24) is 14.9 Å². The number of carbonyl (C=O) groups excluding carboxylic acids is 1. The molecule has 2 N–H and O–H groups in total. The lowest BCUT2D eigenvalue weighted by Crippen LogP contribution is -2.31. The lowest BCUT2D eigenvalue weighted by atomic mass is 10.3. The van der Waals surface area contributed by atoms with Gasteiger partial charge in [-0.25, -0.2) is 4.98 Å². The highest BCUT2D eigenvalue weighted by Crippen LogP contribution is 2.00. The van der Waals surface area contributed by atoms with Crippen LogP contribution in [0.3, 0.4) is 0 Å². The molecule has 0 saturated carbocycles. The van der Waals surface area contributed by atoms with Crippen LogP contribution in [0.2, 0.25) is 0 Å². The Morgan fingerprint density at radius 1 is 1.60 bits per heavy atom. The van der Waals surface area contributed by atoms with Crippen molar-refractivity contribution in [1.29, 1.82) is 0 Å². The molecule has 1 aromatic rings. The fourth-order valence-electron chi connectivity index (χ4n) is 1.22. The molecular formula is C10H18N4O.